The van der Waals surface area contributed by atoms with Gasteiger partial charge in [-0.05, 0) is 40.9 Å². The van der Waals surface area contributed by atoms with Gasteiger partial charge in [-0.15, -0.1) is 22.0 Å². The molecule has 0 amide bonds. The van der Waals surface area contributed by atoms with Crippen molar-refractivity contribution in [2.75, 3.05) is 0 Å². The number of aromatic nitrogens is 4. The second-order valence-corrected chi connectivity index (χ2v) is 7.14. The standard InChI is InChI=1S/C21H17N5OS/c27-21(22-17-11-7-10-16(14-17)20-23-25-26-24-20)19(15-8-3-1-4-9-15)28-18-12-5-2-6-13-18/h1-14,19H,(H,22,27)(H,23,24,25,26)/p-1. The molecule has 1 atom stereocenters. The number of aliphatic imine (C=N–C) groups is 1. The van der Waals surface area contributed by atoms with E-state index in [4.69, 9.17) is 0 Å². The summed E-state index contributed by atoms with van der Waals surface area (Å²) in [5.41, 5.74) is 2.22. The normalized spacial score (nSPS) is 12.6. The van der Waals surface area contributed by atoms with Crippen molar-refractivity contribution in [3.05, 3.63) is 90.5 Å². The van der Waals surface area contributed by atoms with Crippen LogP contribution in [0, 0.1) is 0 Å². The van der Waals surface area contributed by atoms with Gasteiger partial charge in [0.05, 0.1) is 10.9 Å². The lowest BCUT2D eigenvalue weighted by Crippen LogP contribution is -2.24. The zero-order valence-corrected chi connectivity index (χ0v) is 15.6. The highest BCUT2D eigenvalue weighted by molar-refractivity contribution is 8.00. The van der Waals surface area contributed by atoms with Crippen LogP contribution >= 0.6 is 11.8 Å². The van der Waals surface area contributed by atoms with E-state index in [2.05, 4.69) is 25.6 Å². The smallest absolute Gasteiger partial charge is 0.204 e. The molecule has 28 heavy (non-hydrogen) atoms. The van der Waals surface area contributed by atoms with Crippen LogP contribution in [0.3, 0.4) is 0 Å². The van der Waals surface area contributed by atoms with Gasteiger partial charge in [0.2, 0.25) is 5.82 Å². The molecular formula is C21H16N5OS-. The molecule has 1 N–H and O–H groups in total. The van der Waals surface area contributed by atoms with E-state index in [9.17, 15) is 5.11 Å². The molecule has 0 aliphatic rings. The van der Waals surface area contributed by atoms with Crippen molar-refractivity contribution in [1.29, 1.82) is 0 Å². The molecule has 0 radical (unpaired) electrons. The summed E-state index contributed by atoms with van der Waals surface area (Å²) in [7, 11) is 0. The number of rotatable bonds is 6. The lowest BCUT2D eigenvalue weighted by Gasteiger charge is -2.23. The fraction of sp³-hybridized carbons (Fsp3) is 0.0476. The number of nitrogens with zero attached hydrogens (tertiary/aromatic N) is 4. The maximum atomic E-state index is 13.1. The third-order valence-corrected chi connectivity index (χ3v) is 5.27. The van der Waals surface area contributed by atoms with Crippen LogP contribution in [0.25, 0.3) is 11.4 Å². The molecule has 1 unspecified atom stereocenters. The molecule has 1 aromatic heterocycles. The van der Waals surface area contributed by atoms with E-state index in [1.165, 1.54) is 11.8 Å². The van der Waals surface area contributed by atoms with E-state index in [0.717, 1.165) is 16.0 Å². The predicted molar refractivity (Wildman–Crippen MR) is 108 cm³/mol. The molecule has 0 spiro atoms. The Hall–Kier alpha value is -3.45. The van der Waals surface area contributed by atoms with Crippen LogP contribution < -0.4 is 5.11 Å². The maximum absolute atomic E-state index is 13.1. The Bertz CT molecular complexity index is 1050. The fourth-order valence-corrected chi connectivity index (χ4v) is 3.74. The van der Waals surface area contributed by atoms with E-state index in [1.54, 1.807) is 12.1 Å². The van der Waals surface area contributed by atoms with E-state index in [0.29, 0.717) is 11.5 Å². The highest BCUT2D eigenvalue weighted by Crippen LogP contribution is 2.36. The van der Waals surface area contributed by atoms with E-state index in [1.807, 2.05) is 72.8 Å². The van der Waals surface area contributed by atoms with Crippen LogP contribution in [0.15, 0.2) is 94.8 Å². The minimum absolute atomic E-state index is 0.217. The first-order chi connectivity index (χ1) is 13.8. The monoisotopic (exact) mass is 386 g/mol. The highest BCUT2D eigenvalue weighted by atomic mass is 32.2. The Balaban J connectivity index is 1.67. The topological polar surface area (TPSA) is 89.9 Å². The van der Waals surface area contributed by atoms with Gasteiger partial charge in [0.15, 0.2) is 0 Å². The summed E-state index contributed by atoms with van der Waals surface area (Å²) in [5.74, 6) is 0.244. The summed E-state index contributed by atoms with van der Waals surface area (Å²) in [6, 6.07) is 26.8. The number of aromatic amines is 1. The Morgan fingerprint density at radius 3 is 2.39 bits per heavy atom. The number of H-pyrrole nitrogens is 1. The second-order valence-electron chi connectivity index (χ2n) is 5.96. The third-order valence-electron chi connectivity index (χ3n) is 4.01. The lowest BCUT2D eigenvalue weighted by molar-refractivity contribution is -0.217. The van der Waals surface area contributed by atoms with Gasteiger partial charge < -0.3 is 5.11 Å². The molecule has 4 aromatic rings. The SMILES string of the molecule is [O-]C(=Nc1cccc(-c2nn[nH]n2)c1)C(Sc1ccccc1)c1ccccc1. The van der Waals surface area contributed by atoms with Gasteiger partial charge in [-0.25, -0.2) is 0 Å². The second kappa shape index (κ2) is 8.49. The van der Waals surface area contributed by atoms with Crippen LogP contribution in [0.5, 0.6) is 0 Å². The van der Waals surface area contributed by atoms with Crippen LogP contribution in [-0.2, 0) is 0 Å². The Labute approximate surface area is 166 Å². The average molecular weight is 386 g/mol. The molecule has 0 bridgehead atoms. The number of benzene rings is 3. The van der Waals surface area contributed by atoms with E-state index < -0.39 is 5.25 Å². The molecule has 0 saturated heterocycles. The molecule has 0 aliphatic carbocycles. The zero-order valence-electron chi connectivity index (χ0n) is 14.8. The summed E-state index contributed by atoms with van der Waals surface area (Å²) in [6.45, 7) is 0. The van der Waals surface area contributed by atoms with Crippen molar-refractivity contribution < 1.29 is 5.11 Å². The maximum Gasteiger partial charge on any atom is 0.204 e. The number of tetrazole rings is 1. The van der Waals surface area contributed by atoms with Gasteiger partial charge in [0, 0.05) is 10.5 Å². The molecule has 6 nitrogen and oxygen atoms in total. The van der Waals surface area contributed by atoms with Crippen molar-refractivity contribution in [2.24, 2.45) is 4.99 Å². The zero-order chi connectivity index (χ0) is 19.2. The largest absolute Gasteiger partial charge is 0.861 e. The van der Waals surface area contributed by atoms with Gasteiger partial charge >= 0.3 is 0 Å². The number of hydrogen-bond acceptors (Lipinski definition) is 6. The Morgan fingerprint density at radius 2 is 1.68 bits per heavy atom. The van der Waals surface area contributed by atoms with Gasteiger partial charge in [-0.2, -0.15) is 5.21 Å². The minimum Gasteiger partial charge on any atom is -0.861 e. The van der Waals surface area contributed by atoms with Gasteiger partial charge in [0.25, 0.3) is 0 Å². The van der Waals surface area contributed by atoms with Gasteiger partial charge in [-0.3, -0.25) is 4.99 Å². The fourth-order valence-electron chi connectivity index (χ4n) is 2.71. The molecule has 138 valence electrons. The van der Waals surface area contributed by atoms with Crippen molar-refractivity contribution >= 4 is 23.3 Å². The highest BCUT2D eigenvalue weighted by Gasteiger charge is 2.14. The van der Waals surface area contributed by atoms with E-state index >= 15 is 0 Å². The molecule has 0 saturated carbocycles. The lowest BCUT2D eigenvalue weighted by atomic mass is 10.1. The van der Waals surface area contributed by atoms with Gasteiger partial charge in [-0.1, -0.05) is 60.7 Å². The van der Waals surface area contributed by atoms with Crippen molar-refractivity contribution in [2.45, 2.75) is 10.1 Å². The predicted octanol–water partition coefficient (Wildman–Crippen LogP) is 3.79. The van der Waals surface area contributed by atoms with Crippen LogP contribution in [-0.4, -0.2) is 26.5 Å². The van der Waals surface area contributed by atoms with Crippen LogP contribution in [0.4, 0.5) is 5.69 Å². The number of hydrogen-bond donors (Lipinski definition) is 1. The van der Waals surface area contributed by atoms with Crippen LogP contribution in [0.2, 0.25) is 0 Å². The summed E-state index contributed by atoms with van der Waals surface area (Å²) >= 11 is 1.49. The summed E-state index contributed by atoms with van der Waals surface area (Å²) in [5, 5.41) is 26.6. The third kappa shape index (κ3) is 4.27. The molecule has 7 heteroatoms. The van der Waals surface area contributed by atoms with Crippen molar-refractivity contribution in [3.8, 4) is 11.4 Å². The van der Waals surface area contributed by atoms with Crippen molar-refractivity contribution in [3.63, 3.8) is 0 Å². The summed E-state index contributed by atoms with van der Waals surface area (Å²) in [6.07, 6.45) is 0. The quantitative estimate of drug-likeness (QED) is 0.309. The van der Waals surface area contributed by atoms with Crippen LogP contribution in [0.1, 0.15) is 10.8 Å². The summed E-state index contributed by atoms with van der Waals surface area (Å²) in [4.78, 5) is 5.37. The van der Waals surface area contributed by atoms with Crippen molar-refractivity contribution in [1.82, 2.24) is 20.6 Å². The molecule has 0 fully saturated rings. The van der Waals surface area contributed by atoms with E-state index in [-0.39, 0.29) is 5.90 Å². The number of thioether (sulfide) groups is 1. The molecule has 3 aromatic carbocycles. The molecule has 1 heterocycles. The van der Waals surface area contributed by atoms with Gasteiger partial charge in [0.1, 0.15) is 0 Å². The minimum atomic E-state index is -0.433. The Kier molecular flexibility index (Phi) is 5.44. The average Bonchev–Trinajstić information content (AvgIpc) is 3.28. The molecule has 4 rings (SSSR count). The summed E-state index contributed by atoms with van der Waals surface area (Å²) < 4.78 is 0. The first-order valence-corrected chi connectivity index (χ1v) is 9.54. The molecule has 0 aliphatic heterocycles. The Morgan fingerprint density at radius 1 is 0.929 bits per heavy atom. The molecular weight excluding hydrogens is 370 g/mol. The first kappa shape index (κ1) is 17.9. The first-order valence-electron chi connectivity index (χ1n) is 8.66. The number of nitrogens with one attached hydrogen (secondary N) is 1.